The molecular formula is C46H54N8O6S2. The number of benzene rings is 2. The average molecular weight is 879 g/mol. The number of fused-ring (bicyclic) bond motifs is 2. The standard InChI is InChI=1S/C46H54N8O6S2/c1-23(2)38(50-45(57)59-7)43(55)53-21-25(5)15-33(53)40-47-20-32(49-40)37-18-30-17-29(13-14-35(30)61-37)27-9-11-28(12-10-27)36-19-31-42(62-36)52-41(48-31)34-16-26(6)22-54(34)44(56)39(24(3)4)51-46(58)60-8/h9-14,17-20,23-26,33-34,38-39H,15-16,21-22H2,1-8H3,(H,47,49)(H,48,52)(H,50,57)(H,51,58)/t25-,26-,33-,34-,38-,39-/m0/s1. The second kappa shape index (κ2) is 17.6. The topological polar surface area (TPSA) is 175 Å². The highest BCUT2D eigenvalue weighted by Gasteiger charge is 2.42. The Bertz CT molecular complexity index is 2580. The SMILES string of the molecule is COC(=O)N[C@H](C(=O)N1C[C@@H](C)C[C@H]1c1ncc(-c2cc3cc(-c4ccc(-c5cc6[nH]c([C@@H]7C[C@H](C)CN7C(=O)[C@@H](NC(=O)OC)C(C)C)nc6s5)cc4)ccc3s2)[nH]1)C(C)C. The average Bonchev–Trinajstić information content (AvgIpc) is 4.11. The van der Waals surface area contributed by atoms with E-state index >= 15 is 0 Å². The molecule has 62 heavy (non-hydrogen) atoms. The number of nitrogens with one attached hydrogen (secondary N) is 4. The number of likely N-dealkylation sites (tertiary alicyclic amines) is 2. The van der Waals surface area contributed by atoms with Crippen LogP contribution in [0.4, 0.5) is 9.59 Å². The van der Waals surface area contributed by atoms with Crippen LogP contribution in [0.3, 0.4) is 0 Å². The molecule has 0 unspecified atom stereocenters. The summed E-state index contributed by atoms with van der Waals surface area (Å²) in [5.74, 6) is 1.60. The molecule has 6 atom stereocenters. The van der Waals surface area contributed by atoms with Crippen LogP contribution in [0.1, 0.15) is 78.1 Å². The van der Waals surface area contributed by atoms with Crippen LogP contribution in [0, 0.1) is 23.7 Å². The Morgan fingerprint density at radius 1 is 0.710 bits per heavy atom. The molecule has 0 aliphatic carbocycles. The summed E-state index contributed by atoms with van der Waals surface area (Å²) in [5.41, 5.74) is 5.15. The van der Waals surface area contributed by atoms with Gasteiger partial charge in [-0.25, -0.2) is 19.6 Å². The van der Waals surface area contributed by atoms with Crippen LogP contribution < -0.4 is 10.6 Å². The molecule has 0 saturated carbocycles. The molecule has 2 aliphatic heterocycles. The summed E-state index contributed by atoms with van der Waals surface area (Å²) in [5, 5.41) is 6.58. The van der Waals surface area contributed by atoms with Gasteiger partial charge in [-0.15, -0.1) is 22.7 Å². The Balaban J connectivity index is 0.958. The molecule has 2 fully saturated rings. The lowest BCUT2D eigenvalue weighted by atomic mass is 10.0. The van der Waals surface area contributed by atoms with Gasteiger partial charge in [0.15, 0.2) is 0 Å². The number of ether oxygens (including phenoxy) is 2. The second-order valence-corrected chi connectivity index (χ2v) is 19.6. The van der Waals surface area contributed by atoms with Crippen molar-refractivity contribution >= 4 is 67.1 Å². The number of imidazole rings is 2. The minimum Gasteiger partial charge on any atom is -0.453 e. The van der Waals surface area contributed by atoms with E-state index in [4.69, 9.17) is 19.4 Å². The lowest BCUT2D eigenvalue weighted by molar-refractivity contribution is -0.136. The van der Waals surface area contributed by atoms with Gasteiger partial charge in [0.25, 0.3) is 0 Å². The van der Waals surface area contributed by atoms with Crippen molar-refractivity contribution in [2.45, 2.75) is 78.6 Å². The summed E-state index contributed by atoms with van der Waals surface area (Å²) in [6.07, 6.45) is 2.17. The van der Waals surface area contributed by atoms with Crippen LogP contribution >= 0.6 is 22.7 Å². The van der Waals surface area contributed by atoms with E-state index in [-0.39, 0.29) is 41.7 Å². The molecule has 16 heteroatoms. The van der Waals surface area contributed by atoms with Crippen LogP contribution in [0.5, 0.6) is 0 Å². The zero-order valence-electron chi connectivity index (χ0n) is 36.3. The molecule has 0 spiro atoms. The van der Waals surface area contributed by atoms with Gasteiger partial charge in [-0.2, -0.15) is 0 Å². The van der Waals surface area contributed by atoms with E-state index in [1.807, 2.05) is 43.7 Å². The first kappa shape index (κ1) is 42.9. The molecule has 0 radical (unpaired) electrons. The predicted octanol–water partition coefficient (Wildman–Crippen LogP) is 9.14. The number of aromatic nitrogens is 4. The molecule has 6 heterocycles. The highest BCUT2D eigenvalue weighted by Crippen LogP contribution is 2.41. The number of hydrogen-bond donors (Lipinski definition) is 4. The molecule has 326 valence electrons. The summed E-state index contributed by atoms with van der Waals surface area (Å²) in [6, 6.07) is 17.6. The summed E-state index contributed by atoms with van der Waals surface area (Å²) in [4.78, 5) is 75.1. The number of H-pyrrole nitrogens is 2. The Morgan fingerprint density at radius 3 is 1.84 bits per heavy atom. The zero-order valence-corrected chi connectivity index (χ0v) is 37.9. The molecule has 14 nitrogen and oxygen atoms in total. The van der Waals surface area contributed by atoms with Gasteiger partial charge in [0.05, 0.1) is 48.6 Å². The van der Waals surface area contributed by atoms with Gasteiger partial charge in [0, 0.05) is 22.7 Å². The van der Waals surface area contributed by atoms with Gasteiger partial charge in [-0.05, 0) is 82.9 Å². The van der Waals surface area contributed by atoms with Gasteiger partial charge in [0.2, 0.25) is 11.8 Å². The maximum Gasteiger partial charge on any atom is 0.407 e. The van der Waals surface area contributed by atoms with Crippen molar-refractivity contribution in [3.8, 4) is 32.1 Å². The molecule has 2 aliphatic rings. The van der Waals surface area contributed by atoms with Crippen LogP contribution in [0.25, 0.3) is 52.6 Å². The maximum absolute atomic E-state index is 13.8. The largest absolute Gasteiger partial charge is 0.453 e. The maximum atomic E-state index is 13.8. The van der Waals surface area contributed by atoms with E-state index < -0.39 is 24.3 Å². The van der Waals surface area contributed by atoms with Crippen LogP contribution in [0.2, 0.25) is 0 Å². The van der Waals surface area contributed by atoms with Crippen molar-refractivity contribution in [1.29, 1.82) is 0 Å². The third-order valence-electron chi connectivity index (χ3n) is 12.1. The molecular weight excluding hydrogens is 825 g/mol. The number of methoxy groups -OCH3 is 2. The number of nitrogens with zero attached hydrogens (tertiary/aromatic N) is 4. The first-order valence-corrected chi connectivity index (χ1v) is 22.8. The van der Waals surface area contributed by atoms with E-state index in [1.165, 1.54) is 14.2 Å². The Kier molecular flexibility index (Phi) is 12.2. The van der Waals surface area contributed by atoms with Gasteiger partial charge in [-0.1, -0.05) is 71.9 Å². The normalized spacial score (nSPS) is 20.0. The van der Waals surface area contributed by atoms with E-state index in [0.29, 0.717) is 19.0 Å². The van der Waals surface area contributed by atoms with Crippen molar-refractivity contribution in [3.05, 3.63) is 72.4 Å². The smallest absolute Gasteiger partial charge is 0.407 e. The zero-order chi connectivity index (χ0) is 44.0. The molecule has 2 aromatic carbocycles. The molecule has 2 saturated heterocycles. The van der Waals surface area contributed by atoms with Gasteiger partial charge in [-0.3, -0.25) is 9.59 Å². The third kappa shape index (κ3) is 8.54. The van der Waals surface area contributed by atoms with Gasteiger partial charge in [0.1, 0.15) is 28.6 Å². The first-order valence-electron chi connectivity index (χ1n) is 21.2. The van der Waals surface area contributed by atoms with Crippen molar-refractivity contribution in [1.82, 2.24) is 40.4 Å². The second-order valence-electron chi connectivity index (χ2n) is 17.5. The summed E-state index contributed by atoms with van der Waals surface area (Å²) < 4.78 is 10.8. The molecule has 0 bridgehead atoms. The minimum absolute atomic E-state index is 0.107. The fourth-order valence-corrected chi connectivity index (χ4v) is 10.8. The van der Waals surface area contributed by atoms with Crippen molar-refractivity contribution in [3.63, 3.8) is 0 Å². The van der Waals surface area contributed by atoms with Crippen LogP contribution in [-0.2, 0) is 19.1 Å². The van der Waals surface area contributed by atoms with Crippen molar-refractivity contribution in [2.75, 3.05) is 27.3 Å². The molecule has 4 amide bonds. The van der Waals surface area contributed by atoms with Crippen LogP contribution in [0.15, 0.2) is 60.8 Å². The summed E-state index contributed by atoms with van der Waals surface area (Å²) >= 11 is 3.31. The van der Waals surface area contributed by atoms with Crippen molar-refractivity contribution in [2.24, 2.45) is 23.7 Å². The molecule has 4 N–H and O–H groups in total. The number of amides is 4. The molecule has 6 aromatic rings. The number of hydrogen-bond acceptors (Lipinski definition) is 10. The van der Waals surface area contributed by atoms with E-state index in [0.717, 1.165) is 77.1 Å². The number of aromatic amines is 2. The Morgan fingerprint density at radius 2 is 1.27 bits per heavy atom. The Hall–Kier alpha value is -5.74. The molecule has 4 aromatic heterocycles. The minimum atomic E-state index is -0.697. The summed E-state index contributed by atoms with van der Waals surface area (Å²) in [7, 11) is 2.60. The lowest BCUT2D eigenvalue weighted by Gasteiger charge is -2.30. The first-order chi connectivity index (χ1) is 29.7. The fourth-order valence-electron chi connectivity index (χ4n) is 8.80. The number of carbonyl (C=O) groups is 4. The van der Waals surface area contributed by atoms with E-state index in [1.54, 1.807) is 22.7 Å². The van der Waals surface area contributed by atoms with Crippen LogP contribution in [-0.4, -0.2) is 93.1 Å². The number of thiophene rings is 2. The number of carbonyl (C=O) groups excluding carboxylic acids is 4. The number of alkyl carbamates (subject to hydrolysis) is 2. The molecule has 8 rings (SSSR count). The fraction of sp³-hybridized carbons (Fsp3) is 0.435. The summed E-state index contributed by atoms with van der Waals surface area (Å²) in [6.45, 7) is 13.1. The quantitative estimate of drug-likeness (QED) is 0.0997. The number of rotatable bonds is 11. The monoisotopic (exact) mass is 878 g/mol. The van der Waals surface area contributed by atoms with Gasteiger partial charge < -0.3 is 39.9 Å². The Labute approximate surface area is 368 Å². The highest BCUT2D eigenvalue weighted by molar-refractivity contribution is 7.22. The third-order valence-corrected chi connectivity index (χ3v) is 14.3. The van der Waals surface area contributed by atoms with E-state index in [9.17, 15) is 19.2 Å². The van der Waals surface area contributed by atoms with Gasteiger partial charge >= 0.3 is 12.2 Å². The lowest BCUT2D eigenvalue weighted by Crippen LogP contribution is -2.51. The van der Waals surface area contributed by atoms with Crippen molar-refractivity contribution < 1.29 is 28.7 Å². The predicted molar refractivity (Wildman–Crippen MR) is 243 cm³/mol. The van der Waals surface area contributed by atoms with E-state index in [2.05, 4.69) is 89.0 Å². The highest BCUT2D eigenvalue weighted by atomic mass is 32.1.